The molecule has 0 aliphatic carbocycles. The summed E-state index contributed by atoms with van der Waals surface area (Å²) in [7, 11) is 1.70. The number of thiazole rings is 1. The maximum atomic E-state index is 11.7. The van der Waals surface area contributed by atoms with Gasteiger partial charge in [-0.3, -0.25) is 10.1 Å². The summed E-state index contributed by atoms with van der Waals surface area (Å²) in [6.45, 7) is 2.43. The molecule has 1 aromatic heterocycles. The van der Waals surface area contributed by atoms with Crippen molar-refractivity contribution >= 4 is 21.6 Å². The molecule has 1 heterocycles. The third-order valence-electron chi connectivity index (χ3n) is 6.19. The van der Waals surface area contributed by atoms with Crippen LogP contribution in [-0.2, 0) is 25.7 Å². The molecule has 0 aliphatic rings. The largest absolute Gasteiger partial charge is 0.506 e. The van der Waals surface area contributed by atoms with Crippen molar-refractivity contribution in [3.63, 3.8) is 0 Å². The van der Waals surface area contributed by atoms with E-state index in [0.29, 0.717) is 23.2 Å². The smallest absolute Gasteiger partial charge is 0.305 e. The minimum absolute atomic E-state index is 0.0426. The third kappa shape index (κ3) is 6.95. The molecule has 36 heavy (non-hydrogen) atoms. The van der Waals surface area contributed by atoms with Crippen molar-refractivity contribution < 1.29 is 14.9 Å². The van der Waals surface area contributed by atoms with Crippen molar-refractivity contribution in [3.05, 3.63) is 92.6 Å². The normalized spacial score (nSPS) is 12.2. The number of aliphatic hydroxyl groups excluding tert-OH is 1. The minimum atomic E-state index is -0.745. The highest BCUT2D eigenvalue weighted by Crippen LogP contribution is 2.28. The quantitative estimate of drug-likeness (QED) is 0.140. The summed E-state index contributed by atoms with van der Waals surface area (Å²) in [4.78, 5) is 14.1. The summed E-state index contributed by atoms with van der Waals surface area (Å²) < 4.78 is 6.10. The summed E-state index contributed by atoms with van der Waals surface area (Å²) >= 11 is 1.05. The van der Waals surface area contributed by atoms with Crippen LogP contribution >= 0.6 is 11.3 Å². The predicted octanol–water partition coefficient (Wildman–Crippen LogP) is 3.37. The van der Waals surface area contributed by atoms with Crippen LogP contribution in [0.3, 0.4) is 0 Å². The highest BCUT2D eigenvalue weighted by molar-refractivity contribution is 7.16. The van der Waals surface area contributed by atoms with Gasteiger partial charge < -0.3 is 25.3 Å². The molecular weight excluding hydrogens is 474 g/mol. The number of hydrogen-bond donors (Lipinski definition) is 5. The molecule has 1 atom stereocenters. The molecule has 8 heteroatoms. The van der Waals surface area contributed by atoms with Crippen LogP contribution in [0, 0.1) is 0 Å². The zero-order valence-corrected chi connectivity index (χ0v) is 21.2. The summed E-state index contributed by atoms with van der Waals surface area (Å²) in [5, 5.41) is 27.1. The van der Waals surface area contributed by atoms with Gasteiger partial charge in [0.15, 0.2) is 0 Å². The number of aromatic hydroxyl groups is 1. The molecule has 0 amide bonds. The van der Waals surface area contributed by atoms with Crippen LogP contribution in [0.1, 0.15) is 22.3 Å². The predicted molar refractivity (Wildman–Crippen MR) is 145 cm³/mol. The van der Waals surface area contributed by atoms with Crippen LogP contribution < -0.4 is 20.2 Å². The van der Waals surface area contributed by atoms with E-state index in [-0.39, 0.29) is 10.6 Å². The molecule has 4 rings (SSSR count). The number of aromatic amines is 1. The molecule has 0 fully saturated rings. The van der Waals surface area contributed by atoms with Gasteiger partial charge in [0.2, 0.25) is 0 Å². The number of nitrogens with one attached hydrogen (secondary N) is 3. The minimum Gasteiger partial charge on any atom is -0.506 e. The van der Waals surface area contributed by atoms with E-state index in [1.54, 1.807) is 19.2 Å². The van der Waals surface area contributed by atoms with Crippen LogP contribution in [0.2, 0.25) is 0 Å². The number of fused-ring (bicyclic) bond motifs is 1. The zero-order chi connectivity index (χ0) is 25.3. The van der Waals surface area contributed by atoms with Crippen LogP contribution in [-0.4, -0.2) is 48.2 Å². The second-order valence-electron chi connectivity index (χ2n) is 8.77. The van der Waals surface area contributed by atoms with Gasteiger partial charge in [-0.2, -0.15) is 0 Å². The number of aromatic nitrogens is 1. The Labute approximate surface area is 214 Å². The van der Waals surface area contributed by atoms with E-state index >= 15 is 0 Å². The maximum Gasteiger partial charge on any atom is 0.305 e. The Hall–Kier alpha value is -3.17. The Balaban J connectivity index is 1.19. The first-order valence-corrected chi connectivity index (χ1v) is 13.0. The number of ether oxygens (including phenoxy) is 1. The Morgan fingerprint density at radius 2 is 1.69 bits per heavy atom. The second-order valence-corrected chi connectivity index (χ2v) is 9.75. The maximum absolute atomic E-state index is 11.7. The van der Waals surface area contributed by atoms with Crippen LogP contribution in [0.4, 0.5) is 0 Å². The van der Waals surface area contributed by atoms with Crippen molar-refractivity contribution in [1.29, 1.82) is 0 Å². The number of hydrogen-bond acceptors (Lipinski definition) is 7. The standard InChI is InChI=1S/C28H33N3O4S/c1-35-24-8-3-2-7-21(24)13-15-29-14-11-19-5-4-6-20(17-19)12-16-30-25(33)18-22-9-10-23(32)26-27(22)36-28(34)31-26/h2-10,17,25,29-30,32-33H,11-16,18H2,1H3,(H,31,34). The van der Waals surface area contributed by atoms with Gasteiger partial charge in [0.1, 0.15) is 23.2 Å². The zero-order valence-electron chi connectivity index (χ0n) is 20.4. The molecule has 0 saturated heterocycles. The number of H-pyrrole nitrogens is 1. The van der Waals surface area contributed by atoms with E-state index in [9.17, 15) is 15.0 Å². The average Bonchev–Trinajstić information content (AvgIpc) is 3.29. The summed E-state index contributed by atoms with van der Waals surface area (Å²) in [6, 6.07) is 20.0. The molecular formula is C28H33N3O4S. The second kappa shape index (κ2) is 12.7. The van der Waals surface area contributed by atoms with Gasteiger partial charge in [0.05, 0.1) is 11.8 Å². The lowest BCUT2D eigenvalue weighted by atomic mass is 10.1. The Morgan fingerprint density at radius 1 is 0.944 bits per heavy atom. The molecule has 190 valence electrons. The third-order valence-corrected chi connectivity index (χ3v) is 7.15. The lowest BCUT2D eigenvalue weighted by molar-refractivity contribution is 0.138. The molecule has 0 radical (unpaired) electrons. The summed E-state index contributed by atoms with van der Waals surface area (Å²) in [5.41, 5.74) is 4.97. The molecule has 3 aromatic carbocycles. The average molecular weight is 508 g/mol. The monoisotopic (exact) mass is 507 g/mol. The lowest BCUT2D eigenvalue weighted by Crippen LogP contribution is -2.32. The highest BCUT2D eigenvalue weighted by Gasteiger charge is 2.13. The first-order chi connectivity index (χ1) is 17.5. The number of phenols is 1. The fourth-order valence-corrected chi connectivity index (χ4v) is 5.21. The van der Waals surface area contributed by atoms with Gasteiger partial charge in [-0.1, -0.05) is 59.9 Å². The van der Waals surface area contributed by atoms with Crippen LogP contribution in [0.15, 0.2) is 65.5 Å². The molecule has 0 spiro atoms. The molecule has 0 aliphatic heterocycles. The fourth-order valence-electron chi connectivity index (χ4n) is 4.33. The van der Waals surface area contributed by atoms with E-state index < -0.39 is 6.23 Å². The van der Waals surface area contributed by atoms with Crippen molar-refractivity contribution in [2.24, 2.45) is 0 Å². The number of para-hydroxylation sites is 1. The molecule has 7 nitrogen and oxygen atoms in total. The summed E-state index contributed by atoms with van der Waals surface area (Å²) in [5.74, 6) is 0.977. The Morgan fingerprint density at radius 3 is 2.50 bits per heavy atom. The van der Waals surface area contributed by atoms with Crippen molar-refractivity contribution in [2.45, 2.75) is 31.9 Å². The van der Waals surface area contributed by atoms with Crippen molar-refractivity contribution in [3.8, 4) is 11.5 Å². The number of rotatable bonds is 13. The van der Waals surface area contributed by atoms with Gasteiger partial charge in [-0.15, -0.1) is 0 Å². The number of phenolic OH excluding ortho intramolecular Hbond substituents is 1. The number of aliphatic hydroxyl groups is 1. The van der Waals surface area contributed by atoms with Crippen LogP contribution in [0.25, 0.3) is 10.2 Å². The summed E-state index contributed by atoms with van der Waals surface area (Å²) in [6.07, 6.45) is 2.29. The Bertz CT molecular complexity index is 1330. The number of methoxy groups -OCH3 is 1. The van der Waals surface area contributed by atoms with E-state index in [0.717, 1.165) is 55.0 Å². The highest BCUT2D eigenvalue weighted by atomic mass is 32.1. The van der Waals surface area contributed by atoms with Gasteiger partial charge >= 0.3 is 4.87 Å². The molecule has 4 aromatic rings. The molecule has 5 N–H and O–H groups in total. The molecule has 1 unspecified atom stereocenters. The molecule has 0 saturated carbocycles. The van der Waals surface area contributed by atoms with Gasteiger partial charge in [-0.25, -0.2) is 0 Å². The van der Waals surface area contributed by atoms with Gasteiger partial charge in [-0.05, 0) is 66.7 Å². The topological polar surface area (TPSA) is 107 Å². The lowest BCUT2D eigenvalue weighted by Gasteiger charge is -2.14. The van der Waals surface area contributed by atoms with E-state index in [4.69, 9.17) is 4.74 Å². The van der Waals surface area contributed by atoms with E-state index in [1.807, 2.05) is 18.2 Å². The van der Waals surface area contributed by atoms with Crippen LogP contribution in [0.5, 0.6) is 11.5 Å². The van der Waals surface area contributed by atoms with E-state index in [1.165, 1.54) is 16.7 Å². The van der Waals surface area contributed by atoms with E-state index in [2.05, 4.69) is 45.9 Å². The first kappa shape index (κ1) is 25.9. The van der Waals surface area contributed by atoms with Gasteiger partial charge in [0.25, 0.3) is 0 Å². The Kier molecular flexibility index (Phi) is 9.13. The SMILES string of the molecule is COc1ccccc1CCNCCc1cccc(CCNC(O)Cc2ccc(O)c3[nH]c(=O)sc23)c1. The van der Waals surface area contributed by atoms with Crippen molar-refractivity contribution in [2.75, 3.05) is 26.7 Å². The fraction of sp³-hybridized carbons (Fsp3) is 0.321. The van der Waals surface area contributed by atoms with Crippen molar-refractivity contribution in [1.82, 2.24) is 15.6 Å². The number of benzene rings is 3. The molecule has 0 bridgehead atoms. The first-order valence-electron chi connectivity index (χ1n) is 12.2. The van der Waals surface area contributed by atoms with Gasteiger partial charge in [0, 0.05) is 13.0 Å².